The highest BCUT2D eigenvalue weighted by Gasteiger charge is 2.46. The van der Waals surface area contributed by atoms with Crippen LogP contribution in [0.2, 0.25) is 0 Å². The van der Waals surface area contributed by atoms with Gasteiger partial charge >= 0.3 is 0 Å². The number of ether oxygens (including phenoxy) is 1. The fourth-order valence-electron chi connectivity index (χ4n) is 3.55. The van der Waals surface area contributed by atoms with Crippen LogP contribution in [0.15, 0.2) is 48.0 Å². The summed E-state index contributed by atoms with van der Waals surface area (Å²) in [6, 6.07) is 8.62. The van der Waals surface area contributed by atoms with Gasteiger partial charge in [-0.25, -0.2) is 0 Å². The molecule has 1 aliphatic rings. The first-order valence-electron chi connectivity index (χ1n) is 9.70. The Balaban J connectivity index is 2.17. The average molecular weight is 426 g/mol. The zero-order valence-corrected chi connectivity index (χ0v) is 17.1. The van der Waals surface area contributed by atoms with Gasteiger partial charge in [-0.3, -0.25) is 19.7 Å². The summed E-state index contributed by atoms with van der Waals surface area (Å²) in [6.45, 7) is 2.25. The van der Waals surface area contributed by atoms with E-state index in [4.69, 9.17) is 4.74 Å². The lowest BCUT2D eigenvalue weighted by Crippen LogP contribution is -2.30. The molecule has 3 rings (SSSR count). The number of unbranched alkanes of at least 4 members (excludes halogenated alkanes) is 1. The van der Waals surface area contributed by atoms with E-state index in [0.717, 1.165) is 6.42 Å². The Morgan fingerprint density at radius 2 is 1.87 bits per heavy atom. The largest absolute Gasteiger partial charge is 0.507 e. The molecule has 1 heterocycles. The van der Waals surface area contributed by atoms with E-state index in [0.29, 0.717) is 18.5 Å². The summed E-state index contributed by atoms with van der Waals surface area (Å²) in [7, 11) is 1.38. The number of nitrogens with zero attached hydrogens (tertiary/aromatic N) is 2. The number of phenols is 1. The molecule has 2 aromatic carbocycles. The molecule has 9 heteroatoms. The molecule has 1 aliphatic heterocycles. The summed E-state index contributed by atoms with van der Waals surface area (Å²) < 4.78 is 5.15. The first-order valence-corrected chi connectivity index (χ1v) is 9.70. The number of aliphatic hydroxyl groups excluding tert-OH is 1. The van der Waals surface area contributed by atoms with Crippen LogP contribution in [0.3, 0.4) is 0 Å². The highest BCUT2D eigenvalue weighted by molar-refractivity contribution is 6.46. The molecule has 1 atom stereocenters. The van der Waals surface area contributed by atoms with Crippen molar-refractivity contribution in [3.63, 3.8) is 0 Å². The number of aromatic hydroxyl groups is 1. The molecule has 1 fully saturated rings. The fraction of sp³-hybridized carbons (Fsp3) is 0.273. The number of hydrogen-bond acceptors (Lipinski definition) is 7. The number of amides is 1. The van der Waals surface area contributed by atoms with Crippen LogP contribution < -0.4 is 4.74 Å². The quantitative estimate of drug-likeness (QED) is 0.228. The normalized spacial score (nSPS) is 17.7. The number of ketones is 1. The number of rotatable bonds is 7. The number of carbonyl (C=O) groups is 2. The van der Waals surface area contributed by atoms with Crippen LogP contribution in [-0.2, 0) is 9.59 Å². The molecule has 0 unspecified atom stereocenters. The van der Waals surface area contributed by atoms with Crippen molar-refractivity contribution in [3.8, 4) is 11.5 Å². The maximum absolute atomic E-state index is 12.9. The second kappa shape index (κ2) is 8.86. The van der Waals surface area contributed by atoms with E-state index in [1.807, 2.05) is 6.92 Å². The molecule has 0 aromatic heterocycles. The molecule has 2 N–H and O–H groups in total. The molecule has 162 valence electrons. The molecular formula is C22H22N2O7. The molecule has 9 nitrogen and oxygen atoms in total. The second-order valence-electron chi connectivity index (χ2n) is 7.08. The lowest BCUT2D eigenvalue weighted by atomic mass is 9.95. The van der Waals surface area contributed by atoms with Crippen molar-refractivity contribution < 1.29 is 29.5 Å². The van der Waals surface area contributed by atoms with Gasteiger partial charge in [-0.05, 0) is 36.2 Å². The molecule has 0 spiro atoms. The van der Waals surface area contributed by atoms with Crippen LogP contribution in [-0.4, -0.2) is 45.4 Å². The smallest absolute Gasteiger partial charge is 0.295 e. The number of phenolic OH excluding ortho intramolecular Hbond substituents is 1. The van der Waals surface area contributed by atoms with Gasteiger partial charge in [0.05, 0.1) is 23.6 Å². The van der Waals surface area contributed by atoms with Crippen LogP contribution in [0.5, 0.6) is 11.5 Å². The predicted molar refractivity (Wildman–Crippen MR) is 112 cm³/mol. The summed E-state index contributed by atoms with van der Waals surface area (Å²) >= 11 is 0. The lowest BCUT2D eigenvalue weighted by molar-refractivity contribution is -0.384. The molecule has 1 saturated heterocycles. The minimum absolute atomic E-state index is 0.105. The van der Waals surface area contributed by atoms with Crippen LogP contribution >= 0.6 is 0 Å². The zero-order valence-electron chi connectivity index (χ0n) is 17.1. The number of Topliss-reactive ketones (excluding diaryl/α,β-unsaturated/α-hetero) is 1. The average Bonchev–Trinajstić information content (AvgIpc) is 3.02. The summed E-state index contributed by atoms with van der Waals surface area (Å²) in [5.41, 5.74) is 0.366. The Morgan fingerprint density at radius 1 is 1.19 bits per heavy atom. The predicted octanol–water partition coefficient (Wildman–Crippen LogP) is 3.53. The topological polar surface area (TPSA) is 130 Å². The number of likely N-dealkylation sites (tertiary alicyclic amines) is 1. The number of nitro benzene ring substituents is 1. The third-order valence-electron chi connectivity index (χ3n) is 5.16. The molecular weight excluding hydrogens is 404 g/mol. The summed E-state index contributed by atoms with van der Waals surface area (Å²) in [4.78, 5) is 37.3. The Morgan fingerprint density at radius 3 is 2.45 bits per heavy atom. The molecule has 31 heavy (non-hydrogen) atoms. The third kappa shape index (κ3) is 4.07. The van der Waals surface area contributed by atoms with Gasteiger partial charge < -0.3 is 19.8 Å². The van der Waals surface area contributed by atoms with E-state index in [9.17, 15) is 29.9 Å². The second-order valence-corrected chi connectivity index (χ2v) is 7.08. The zero-order chi connectivity index (χ0) is 22.7. The Hall–Kier alpha value is -3.88. The third-order valence-corrected chi connectivity index (χ3v) is 5.16. The highest BCUT2D eigenvalue weighted by Crippen LogP contribution is 2.41. The van der Waals surface area contributed by atoms with E-state index < -0.39 is 28.4 Å². The summed E-state index contributed by atoms with van der Waals surface area (Å²) in [6.07, 6.45) is 1.44. The molecule has 0 radical (unpaired) electrons. The number of non-ortho nitro benzene ring substituents is 1. The first kappa shape index (κ1) is 21.8. The molecule has 0 aliphatic carbocycles. The van der Waals surface area contributed by atoms with Crippen molar-refractivity contribution in [1.82, 2.24) is 4.90 Å². The minimum Gasteiger partial charge on any atom is -0.507 e. The van der Waals surface area contributed by atoms with Crippen molar-refractivity contribution in [1.29, 1.82) is 0 Å². The number of methoxy groups -OCH3 is 1. The van der Waals surface area contributed by atoms with Crippen molar-refractivity contribution in [2.24, 2.45) is 0 Å². The van der Waals surface area contributed by atoms with Crippen molar-refractivity contribution >= 4 is 23.1 Å². The highest BCUT2D eigenvalue weighted by atomic mass is 16.6. The van der Waals surface area contributed by atoms with Gasteiger partial charge in [0.2, 0.25) is 0 Å². The van der Waals surface area contributed by atoms with E-state index in [1.165, 1.54) is 48.4 Å². The lowest BCUT2D eigenvalue weighted by Gasteiger charge is -2.25. The standard InChI is InChI=1S/C22H22N2O7/c1-3-4-11-23-19(14-7-10-16(25)17(12-14)31-2)18(21(27)22(23)28)20(26)13-5-8-15(9-6-13)24(29)30/h5-10,12,19,25-26H,3-4,11H2,1-2H3/t19-/m0/s1. The van der Waals surface area contributed by atoms with Crippen molar-refractivity contribution in [3.05, 3.63) is 69.3 Å². The molecule has 2 aromatic rings. The van der Waals surface area contributed by atoms with Gasteiger partial charge in [-0.15, -0.1) is 0 Å². The Kier molecular flexibility index (Phi) is 6.24. The number of aliphatic hydroxyl groups is 1. The number of benzene rings is 2. The fourth-order valence-corrected chi connectivity index (χ4v) is 3.55. The van der Waals surface area contributed by atoms with Gasteiger partial charge in [0, 0.05) is 24.2 Å². The van der Waals surface area contributed by atoms with Crippen LogP contribution in [0.4, 0.5) is 5.69 Å². The van der Waals surface area contributed by atoms with Crippen LogP contribution in [0.25, 0.3) is 5.76 Å². The number of hydrogen-bond donors (Lipinski definition) is 2. The van der Waals surface area contributed by atoms with Gasteiger partial charge in [0.15, 0.2) is 11.5 Å². The van der Waals surface area contributed by atoms with Crippen LogP contribution in [0.1, 0.15) is 36.9 Å². The SMILES string of the molecule is CCCCN1C(=O)C(=O)C(=C(O)c2ccc([N+](=O)[O-])cc2)[C@@H]1c1ccc(O)c(OC)c1. The first-order chi connectivity index (χ1) is 14.8. The maximum atomic E-state index is 12.9. The number of carbonyl (C=O) groups excluding carboxylic acids is 2. The van der Waals surface area contributed by atoms with Crippen LogP contribution in [0, 0.1) is 10.1 Å². The van der Waals surface area contributed by atoms with Gasteiger partial charge in [-0.2, -0.15) is 0 Å². The van der Waals surface area contributed by atoms with Gasteiger partial charge in [-0.1, -0.05) is 19.4 Å². The Labute approximate surface area is 178 Å². The Bertz CT molecular complexity index is 1060. The van der Waals surface area contributed by atoms with Crippen molar-refractivity contribution in [2.75, 3.05) is 13.7 Å². The molecule has 1 amide bonds. The van der Waals surface area contributed by atoms with E-state index in [-0.39, 0.29) is 28.3 Å². The van der Waals surface area contributed by atoms with Gasteiger partial charge in [0.25, 0.3) is 17.4 Å². The van der Waals surface area contributed by atoms with Gasteiger partial charge in [0.1, 0.15) is 5.76 Å². The van der Waals surface area contributed by atoms with E-state index in [1.54, 1.807) is 6.07 Å². The number of nitro groups is 1. The van der Waals surface area contributed by atoms with E-state index >= 15 is 0 Å². The maximum Gasteiger partial charge on any atom is 0.295 e. The summed E-state index contributed by atoms with van der Waals surface area (Å²) in [5.74, 6) is -1.96. The molecule has 0 saturated carbocycles. The monoisotopic (exact) mass is 426 g/mol. The van der Waals surface area contributed by atoms with Crippen molar-refractivity contribution in [2.45, 2.75) is 25.8 Å². The summed E-state index contributed by atoms with van der Waals surface area (Å²) in [5, 5.41) is 31.7. The van der Waals surface area contributed by atoms with E-state index in [2.05, 4.69) is 0 Å². The minimum atomic E-state index is -0.892. The molecule has 0 bridgehead atoms.